The fourth-order valence-electron chi connectivity index (χ4n) is 4.88. The Bertz CT molecular complexity index is 1220. The van der Waals surface area contributed by atoms with Crippen molar-refractivity contribution in [2.24, 2.45) is 0 Å². The van der Waals surface area contributed by atoms with Crippen LogP contribution in [0.3, 0.4) is 0 Å². The summed E-state index contributed by atoms with van der Waals surface area (Å²) < 4.78 is 22.5. The van der Waals surface area contributed by atoms with Crippen molar-refractivity contribution in [3.63, 3.8) is 0 Å². The number of rotatable bonds is 9. The van der Waals surface area contributed by atoms with E-state index in [9.17, 15) is 4.79 Å². The van der Waals surface area contributed by atoms with E-state index in [1.54, 1.807) is 33.7 Å². The van der Waals surface area contributed by atoms with Crippen LogP contribution in [-0.4, -0.2) is 34.4 Å². The van der Waals surface area contributed by atoms with Gasteiger partial charge in [-0.3, -0.25) is 4.79 Å². The molecular weight excluding hydrogens is 444 g/mol. The van der Waals surface area contributed by atoms with Crippen LogP contribution in [0, 0.1) is 0 Å². The van der Waals surface area contributed by atoms with E-state index < -0.39 is 0 Å². The Kier molecular flexibility index (Phi) is 7.66. The van der Waals surface area contributed by atoms with Crippen LogP contribution < -0.4 is 30.3 Å². The molecule has 1 aliphatic carbocycles. The van der Waals surface area contributed by atoms with Crippen molar-refractivity contribution in [2.75, 3.05) is 33.7 Å². The highest BCUT2D eigenvalue weighted by atomic mass is 16.5. The summed E-state index contributed by atoms with van der Waals surface area (Å²) in [5.41, 5.74) is 4.45. The third-order valence-electron chi connectivity index (χ3n) is 6.69. The Morgan fingerprint density at radius 1 is 1.09 bits per heavy atom. The van der Waals surface area contributed by atoms with Crippen molar-refractivity contribution in [2.45, 2.75) is 44.7 Å². The van der Waals surface area contributed by atoms with E-state index in [0.717, 1.165) is 53.7 Å². The van der Waals surface area contributed by atoms with E-state index in [2.05, 4.69) is 17.6 Å². The van der Waals surface area contributed by atoms with Crippen LogP contribution in [0.1, 0.15) is 42.7 Å². The maximum atomic E-state index is 13.3. The average Bonchev–Trinajstić information content (AvgIpc) is 3.29. The molecule has 7 heteroatoms. The van der Waals surface area contributed by atoms with Crippen LogP contribution in [0.4, 0.5) is 5.69 Å². The first-order valence-electron chi connectivity index (χ1n) is 12.0. The molecule has 3 aromatic rings. The largest absolute Gasteiger partial charge is 0.493 e. The van der Waals surface area contributed by atoms with Gasteiger partial charge in [-0.2, -0.15) is 0 Å². The summed E-state index contributed by atoms with van der Waals surface area (Å²) in [6.07, 6.45) is 4.97. The fourth-order valence-corrected chi connectivity index (χ4v) is 4.88. The summed E-state index contributed by atoms with van der Waals surface area (Å²) in [6.45, 7) is 2.08. The van der Waals surface area contributed by atoms with Crippen molar-refractivity contribution >= 4 is 5.69 Å². The van der Waals surface area contributed by atoms with Gasteiger partial charge in [-0.1, -0.05) is 6.07 Å². The van der Waals surface area contributed by atoms with Gasteiger partial charge in [0.2, 0.25) is 11.2 Å². The standard InChI is InChI=1S/C28H34N2O5/c1-17(8-10-19-7-6-14-35-19)30-23-13-11-20-21(16-24(23)31)22(29-2)12-9-18-15-25(32-3)27(33-4)28(34-5)26(18)20/h6-7,11,13-17,22,29H,8-10,12H2,1-5H3,(H,30,31). The number of anilines is 1. The molecule has 2 atom stereocenters. The molecule has 2 unspecified atom stereocenters. The average molecular weight is 479 g/mol. The van der Waals surface area contributed by atoms with E-state index in [-0.39, 0.29) is 17.5 Å². The molecule has 186 valence electrons. The number of methoxy groups -OCH3 is 3. The predicted octanol–water partition coefficient (Wildman–Crippen LogP) is 4.97. The maximum absolute atomic E-state index is 13.3. The highest BCUT2D eigenvalue weighted by Crippen LogP contribution is 2.50. The van der Waals surface area contributed by atoms with Gasteiger partial charge in [0.1, 0.15) is 5.76 Å². The monoisotopic (exact) mass is 478 g/mol. The van der Waals surface area contributed by atoms with E-state index >= 15 is 0 Å². The smallest absolute Gasteiger partial charge is 0.203 e. The van der Waals surface area contributed by atoms with Gasteiger partial charge < -0.3 is 29.3 Å². The number of fused-ring (bicyclic) bond motifs is 3. The van der Waals surface area contributed by atoms with Gasteiger partial charge in [-0.15, -0.1) is 0 Å². The van der Waals surface area contributed by atoms with Crippen LogP contribution in [0.2, 0.25) is 0 Å². The molecule has 2 N–H and O–H groups in total. The highest BCUT2D eigenvalue weighted by molar-refractivity contribution is 5.83. The Hall–Kier alpha value is -3.45. The molecule has 0 saturated heterocycles. The van der Waals surface area contributed by atoms with E-state index in [1.807, 2.05) is 37.4 Å². The summed E-state index contributed by atoms with van der Waals surface area (Å²) in [6, 6.07) is 11.6. The molecule has 0 bridgehead atoms. The number of benzene rings is 1. The van der Waals surface area contributed by atoms with Crippen LogP contribution in [0.5, 0.6) is 17.2 Å². The van der Waals surface area contributed by atoms with Gasteiger partial charge in [0.05, 0.1) is 33.3 Å². The molecule has 1 aromatic heterocycles. The third-order valence-corrected chi connectivity index (χ3v) is 6.69. The lowest BCUT2D eigenvalue weighted by Crippen LogP contribution is -2.21. The molecule has 0 radical (unpaired) electrons. The third kappa shape index (κ3) is 5.00. The summed E-state index contributed by atoms with van der Waals surface area (Å²) in [4.78, 5) is 13.3. The lowest BCUT2D eigenvalue weighted by atomic mass is 9.95. The van der Waals surface area contributed by atoms with Crippen molar-refractivity contribution in [3.05, 3.63) is 69.8 Å². The van der Waals surface area contributed by atoms with Crippen molar-refractivity contribution in [1.82, 2.24) is 5.32 Å². The first-order valence-corrected chi connectivity index (χ1v) is 12.0. The molecule has 0 spiro atoms. The minimum atomic E-state index is -0.0424. The number of ether oxygens (including phenoxy) is 3. The second-order valence-corrected chi connectivity index (χ2v) is 8.85. The Morgan fingerprint density at radius 2 is 1.89 bits per heavy atom. The Labute approximate surface area is 206 Å². The van der Waals surface area contributed by atoms with E-state index in [0.29, 0.717) is 22.9 Å². The second-order valence-electron chi connectivity index (χ2n) is 8.85. The first-order chi connectivity index (χ1) is 17.0. The molecular formula is C28H34N2O5. The second kappa shape index (κ2) is 10.9. The molecule has 7 nitrogen and oxygen atoms in total. The molecule has 0 aliphatic heterocycles. The number of hydrogen-bond donors (Lipinski definition) is 2. The van der Waals surface area contributed by atoms with Crippen LogP contribution in [-0.2, 0) is 12.8 Å². The van der Waals surface area contributed by atoms with E-state index in [1.165, 1.54) is 0 Å². The maximum Gasteiger partial charge on any atom is 0.203 e. The van der Waals surface area contributed by atoms with Gasteiger partial charge in [-0.25, -0.2) is 0 Å². The zero-order valence-electron chi connectivity index (χ0n) is 21.1. The minimum Gasteiger partial charge on any atom is -0.493 e. The normalized spacial score (nSPS) is 15.4. The summed E-state index contributed by atoms with van der Waals surface area (Å²) in [7, 11) is 6.79. The van der Waals surface area contributed by atoms with Crippen LogP contribution in [0.25, 0.3) is 11.1 Å². The topological polar surface area (TPSA) is 82.0 Å². The number of aryl methyl sites for hydroxylation is 2. The lowest BCUT2D eigenvalue weighted by molar-refractivity contribution is 0.324. The number of furan rings is 1. The Balaban J connectivity index is 1.79. The van der Waals surface area contributed by atoms with Gasteiger partial charge in [0.15, 0.2) is 11.5 Å². The lowest BCUT2D eigenvalue weighted by Gasteiger charge is -2.19. The molecule has 2 aromatic carbocycles. The quantitative estimate of drug-likeness (QED) is 0.449. The van der Waals surface area contributed by atoms with Gasteiger partial charge in [-0.05, 0) is 80.3 Å². The van der Waals surface area contributed by atoms with Crippen molar-refractivity contribution in [3.8, 4) is 28.4 Å². The molecule has 0 amide bonds. The molecule has 35 heavy (non-hydrogen) atoms. The molecule has 0 fully saturated rings. The van der Waals surface area contributed by atoms with Gasteiger partial charge >= 0.3 is 0 Å². The van der Waals surface area contributed by atoms with Crippen LogP contribution >= 0.6 is 0 Å². The first kappa shape index (κ1) is 24.7. The fraction of sp³-hybridized carbons (Fsp3) is 0.393. The predicted molar refractivity (Wildman–Crippen MR) is 138 cm³/mol. The van der Waals surface area contributed by atoms with Crippen molar-refractivity contribution in [1.29, 1.82) is 0 Å². The highest BCUT2D eigenvalue weighted by Gasteiger charge is 2.28. The van der Waals surface area contributed by atoms with Gasteiger partial charge in [0.25, 0.3) is 0 Å². The van der Waals surface area contributed by atoms with Crippen LogP contribution in [0.15, 0.2) is 51.9 Å². The SMILES string of the molecule is CNC1CCc2cc(OC)c(OC)c(OC)c2-c2ccc(NC(C)CCc3ccco3)c(=O)cc21. The van der Waals surface area contributed by atoms with Crippen molar-refractivity contribution < 1.29 is 18.6 Å². The molecule has 1 heterocycles. The zero-order chi connectivity index (χ0) is 24.9. The summed E-state index contributed by atoms with van der Waals surface area (Å²) in [5, 5.41) is 6.80. The molecule has 1 aliphatic rings. The molecule has 4 rings (SSSR count). The zero-order valence-corrected chi connectivity index (χ0v) is 21.1. The van der Waals surface area contributed by atoms with E-state index in [4.69, 9.17) is 18.6 Å². The summed E-state index contributed by atoms with van der Waals surface area (Å²) >= 11 is 0. The number of nitrogens with one attached hydrogen (secondary N) is 2. The minimum absolute atomic E-state index is 0.0171. The Morgan fingerprint density at radius 3 is 2.54 bits per heavy atom. The summed E-state index contributed by atoms with van der Waals surface area (Å²) in [5.74, 6) is 2.72. The number of hydrogen-bond acceptors (Lipinski definition) is 7. The molecule has 0 saturated carbocycles. The van der Waals surface area contributed by atoms with Gasteiger partial charge in [0, 0.05) is 24.1 Å².